The Kier molecular flexibility index (Phi) is 7.66. The Labute approximate surface area is 197 Å². The minimum Gasteiger partial charge on any atom is -0.452 e. The van der Waals surface area contributed by atoms with Gasteiger partial charge in [0.15, 0.2) is 12.4 Å². The molecule has 0 heterocycles. The van der Waals surface area contributed by atoms with Crippen molar-refractivity contribution in [2.75, 3.05) is 11.9 Å². The average molecular weight is 479 g/mol. The number of anilines is 1. The van der Waals surface area contributed by atoms with Crippen LogP contribution in [-0.2, 0) is 26.1 Å². The van der Waals surface area contributed by atoms with Gasteiger partial charge in [0.25, 0.3) is 5.91 Å². The van der Waals surface area contributed by atoms with Crippen molar-refractivity contribution in [2.24, 2.45) is 0 Å². The van der Waals surface area contributed by atoms with Crippen LogP contribution in [-0.4, -0.2) is 26.9 Å². The summed E-state index contributed by atoms with van der Waals surface area (Å²) in [6.45, 7) is 2.82. The zero-order valence-corrected chi connectivity index (χ0v) is 19.4. The molecule has 0 aliphatic rings. The third kappa shape index (κ3) is 6.21. The summed E-state index contributed by atoms with van der Waals surface area (Å²) in [6.07, 6.45) is 0.256. The molecule has 0 saturated heterocycles. The van der Waals surface area contributed by atoms with Crippen molar-refractivity contribution in [3.8, 4) is 11.8 Å². The number of nitriles is 1. The van der Waals surface area contributed by atoms with E-state index in [4.69, 9.17) is 14.2 Å². The van der Waals surface area contributed by atoms with E-state index in [1.165, 1.54) is 30.3 Å². The summed E-state index contributed by atoms with van der Waals surface area (Å²) in [6, 6.07) is 19.4. The molecule has 3 aromatic carbocycles. The molecule has 174 valence electrons. The first-order valence-corrected chi connectivity index (χ1v) is 11.6. The molecule has 3 rings (SSSR count). The minimum atomic E-state index is -4.21. The van der Waals surface area contributed by atoms with E-state index in [0.29, 0.717) is 11.3 Å². The van der Waals surface area contributed by atoms with E-state index in [1.807, 2.05) is 6.07 Å². The molecule has 0 aromatic heterocycles. The Morgan fingerprint density at radius 2 is 1.71 bits per heavy atom. The number of rotatable bonds is 8. The van der Waals surface area contributed by atoms with E-state index >= 15 is 0 Å². The second-order valence-electron chi connectivity index (χ2n) is 7.46. The van der Waals surface area contributed by atoms with E-state index < -0.39 is 28.6 Å². The summed E-state index contributed by atoms with van der Waals surface area (Å²) < 4.78 is 36.0. The van der Waals surface area contributed by atoms with Gasteiger partial charge in [-0.15, -0.1) is 0 Å². The summed E-state index contributed by atoms with van der Waals surface area (Å²) in [5, 5.41) is 11.3. The van der Waals surface area contributed by atoms with Crippen LogP contribution in [0.4, 0.5) is 5.69 Å². The monoisotopic (exact) mass is 478 g/mol. The van der Waals surface area contributed by atoms with Gasteiger partial charge in [-0.05, 0) is 60.9 Å². The number of carbonyl (C=O) groups excluding carboxylic acids is 2. The standard InChI is InChI=1S/C25H22N2O6S/c1-17-7-8-18(2)23(15-17)34(30,31)33-22-6-4-3-5-21(22)25(29)32-16-24(28)27-20-11-9-19(10-12-20)13-14-26/h3-12,15H,13,16H2,1-2H3,(H,27,28). The van der Waals surface area contributed by atoms with E-state index in [-0.39, 0.29) is 22.6 Å². The Balaban J connectivity index is 1.68. The molecule has 0 aliphatic heterocycles. The Morgan fingerprint density at radius 3 is 2.41 bits per heavy atom. The average Bonchev–Trinajstić information content (AvgIpc) is 2.80. The highest BCUT2D eigenvalue weighted by Gasteiger charge is 2.23. The lowest BCUT2D eigenvalue weighted by molar-refractivity contribution is -0.119. The van der Waals surface area contributed by atoms with Gasteiger partial charge in [0.05, 0.1) is 12.5 Å². The van der Waals surface area contributed by atoms with Crippen molar-refractivity contribution >= 4 is 27.7 Å². The maximum absolute atomic E-state index is 12.8. The van der Waals surface area contributed by atoms with Crippen LogP contribution in [0.2, 0.25) is 0 Å². The molecule has 34 heavy (non-hydrogen) atoms. The maximum Gasteiger partial charge on any atom is 0.342 e. The minimum absolute atomic E-state index is 0.00385. The summed E-state index contributed by atoms with van der Waals surface area (Å²) in [5.74, 6) is -1.70. The number of nitrogens with zero attached hydrogens (tertiary/aromatic N) is 1. The quantitative estimate of drug-likeness (QED) is 0.384. The Bertz CT molecular complexity index is 1360. The second kappa shape index (κ2) is 10.6. The van der Waals surface area contributed by atoms with Crippen molar-refractivity contribution in [2.45, 2.75) is 25.2 Å². The van der Waals surface area contributed by atoms with E-state index in [0.717, 1.165) is 11.1 Å². The predicted octanol–water partition coefficient (Wildman–Crippen LogP) is 3.93. The molecule has 0 unspecified atom stereocenters. The molecule has 3 aromatic rings. The number of benzene rings is 3. The lowest BCUT2D eigenvalue weighted by atomic mass is 10.1. The van der Waals surface area contributed by atoms with Crippen LogP contribution >= 0.6 is 0 Å². The fourth-order valence-corrected chi connectivity index (χ4v) is 4.31. The molecule has 0 atom stereocenters. The van der Waals surface area contributed by atoms with E-state index in [2.05, 4.69) is 5.32 Å². The van der Waals surface area contributed by atoms with Crippen LogP contribution < -0.4 is 9.50 Å². The first-order chi connectivity index (χ1) is 16.2. The SMILES string of the molecule is Cc1ccc(C)c(S(=O)(=O)Oc2ccccc2C(=O)OCC(=O)Nc2ccc(CC#N)cc2)c1. The Hall–Kier alpha value is -4.16. The van der Waals surface area contributed by atoms with Gasteiger partial charge in [-0.3, -0.25) is 4.79 Å². The van der Waals surface area contributed by atoms with Crippen molar-refractivity contribution in [3.63, 3.8) is 0 Å². The topological polar surface area (TPSA) is 123 Å². The summed E-state index contributed by atoms with van der Waals surface area (Å²) >= 11 is 0. The second-order valence-corrected chi connectivity index (χ2v) is 8.97. The summed E-state index contributed by atoms with van der Waals surface area (Å²) in [5.41, 5.74) is 2.39. The summed E-state index contributed by atoms with van der Waals surface area (Å²) in [7, 11) is -4.21. The molecule has 0 aliphatic carbocycles. The van der Waals surface area contributed by atoms with Gasteiger partial charge in [-0.2, -0.15) is 13.7 Å². The van der Waals surface area contributed by atoms with Crippen LogP contribution in [0.3, 0.4) is 0 Å². The highest BCUT2D eigenvalue weighted by atomic mass is 32.2. The molecule has 0 bridgehead atoms. The van der Waals surface area contributed by atoms with Crippen LogP contribution in [0, 0.1) is 25.2 Å². The van der Waals surface area contributed by atoms with Crippen LogP contribution in [0.25, 0.3) is 0 Å². The largest absolute Gasteiger partial charge is 0.452 e. The van der Waals surface area contributed by atoms with E-state index in [1.54, 1.807) is 50.2 Å². The van der Waals surface area contributed by atoms with Gasteiger partial charge in [0.1, 0.15) is 10.5 Å². The highest BCUT2D eigenvalue weighted by molar-refractivity contribution is 7.87. The van der Waals surface area contributed by atoms with Crippen molar-refractivity contribution in [1.29, 1.82) is 5.26 Å². The lowest BCUT2D eigenvalue weighted by Crippen LogP contribution is -2.21. The number of amides is 1. The molecule has 0 spiro atoms. The molecule has 1 N–H and O–H groups in total. The molecule has 0 saturated carbocycles. The molecular weight excluding hydrogens is 456 g/mol. The Morgan fingerprint density at radius 1 is 1.00 bits per heavy atom. The fourth-order valence-electron chi connectivity index (χ4n) is 3.05. The number of hydrogen-bond donors (Lipinski definition) is 1. The fraction of sp³-hybridized carbons (Fsp3) is 0.160. The molecule has 0 radical (unpaired) electrons. The van der Waals surface area contributed by atoms with Crippen molar-refractivity contribution < 1.29 is 26.9 Å². The molecule has 9 heteroatoms. The number of nitrogens with one attached hydrogen (secondary N) is 1. The first-order valence-electron chi connectivity index (χ1n) is 10.2. The highest BCUT2D eigenvalue weighted by Crippen LogP contribution is 2.26. The molecular formula is C25H22N2O6S. The van der Waals surface area contributed by atoms with Gasteiger partial charge in [-0.25, -0.2) is 4.79 Å². The van der Waals surface area contributed by atoms with Gasteiger partial charge >= 0.3 is 16.1 Å². The van der Waals surface area contributed by atoms with Gasteiger partial charge < -0.3 is 14.2 Å². The van der Waals surface area contributed by atoms with Crippen LogP contribution in [0.15, 0.2) is 71.6 Å². The predicted molar refractivity (Wildman–Crippen MR) is 125 cm³/mol. The van der Waals surface area contributed by atoms with Crippen LogP contribution in [0.1, 0.15) is 27.0 Å². The third-order valence-electron chi connectivity index (χ3n) is 4.77. The first kappa shape index (κ1) is 24.5. The van der Waals surface area contributed by atoms with Gasteiger partial charge in [-0.1, -0.05) is 36.4 Å². The number of aryl methyl sites for hydroxylation is 2. The smallest absolute Gasteiger partial charge is 0.342 e. The van der Waals surface area contributed by atoms with Gasteiger partial charge in [0.2, 0.25) is 0 Å². The maximum atomic E-state index is 12.8. The molecule has 0 fully saturated rings. The number of carbonyl (C=O) groups is 2. The number of esters is 1. The summed E-state index contributed by atoms with van der Waals surface area (Å²) in [4.78, 5) is 24.7. The zero-order chi connectivity index (χ0) is 24.7. The number of ether oxygens (including phenoxy) is 1. The van der Waals surface area contributed by atoms with Crippen LogP contribution in [0.5, 0.6) is 5.75 Å². The van der Waals surface area contributed by atoms with E-state index in [9.17, 15) is 18.0 Å². The molecule has 8 nitrogen and oxygen atoms in total. The lowest BCUT2D eigenvalue weighted by Gasteiger charge is -2.13. The molecule has 1 amide bonds. The number of hydrogen-bond acceptors (Lipinski definition) is 7. The van der Waals surface area contributed by atoms with Gasteiger partial charge in [0, 0.05) is 5.69 Å². The number of para-hydroxylation sites is 1. The third-order valence-corrected chi connectivity index (χ3v) is 6.15. The van der Waals surface area contributed by atoms with Crippen molar-refractivity contribution in [1.82, 2.24) is 0 Å². The normalized spacial score (nSPS) is 10.7. The van der Waals surface area contributed by atoms with Crippen molar-refractivity contribution in [3.05, 3.63) is 89.0 Å². The zero-order valence-electron chi connectivity index (χ0n) is 18.6.